The van der Waals surface area contributed by atoms with Crippen LogP contribution in [0.2, 0.25) is 5.02 Å². The van der Waals surface area contributed by atoms with Gasteiger partial charge in [-0.2, -0.15) is 4.31 Å². The highest BCUT2D eigenvalue weighted by Crippen LogP contribution is 2.30. The van der Waals surface area contributed by atoms with Crippen molar-refractivity contribution >= 4 is 45.8 Å². The van der Waals surface area contributed by atoms with Gasteiger partial charge in [0.15, 0.2) is 0 Å². The van der Waals surface area contributed by atoms with Crippen molar-refractivity contribution in [3.63, 3.8) is 0 Å². The van der Waals surface area contributed by atoms with Crippen molar-refractivity contribution in [3.05, 3.63) is 23.2 Å². The summed E-state index contributed by atoms with van der Waals surface area (Å²) in [6.45, 7) is 2.19. The average Bonchev–Trinajstić information content (AvgIpc) is 2.55. The zero-order chi connectivity index (χ0) is 16.9. The minimum atomic E-state index is -3.49. The van der Waals surface area contributed by atoms with E-state index >= 15 is 0 Å². The third-order valence-electron chi connectivity index (χ3n) is 3.86. The predicted molar refractivity (Wildman–Crippen MR) is 102 cm³/mol. The standard InChI is InChI=1S/C15H23ClN2O3S2.ClH/c1-22-15-4-3-13(11-14(15)16)23(19,20)18-8-5-12(6-9-18)21-10-2-7-17;/h3-4,11-12H,2,5-10,17H2,1H3;1H. The van der Waals surface area contributed by atoms with E-state index in [1.165, 1.54) is 22.1 Å². The Hall–Kier alpha value is -0.0200. The molecule has 5 nitrogen and oxygen atoms in total. The van der Waals surface area contributed by atoms with Gasteiger partial charge in [-0.1, -0.05) is 11.6 Å². The summed E-state index contributed by atoms with van der Waals surface area (Å²) in [5.74, 6) is 0. The monoisotopic (exact) mass is 414 g/mol. The van der Waals surface area contributed by atoms with Crippen LogP contribution in [0.15, 0.2) is 28.0 Å². The maximum Gasteiger partial charge on any atom is 0.243 e. The molecule has 2 rings (SSSR count). The number of hydrogen-bond donors (Lipinski definition) is 1. The molecule has 1 aromatic rings. The summed E-state index contributed by atoms with van der Waals surface area (Å²) in [5, 5.41) is 0.471. The highest BCUT2D eigenvalue weighted by atomic mass is 35.5. The maximum atomic E-state index is 12.7. The van der Waals surface area contributed by atoms with Gasteiger partial charge in [-0.05, 0) is 50.3 Å². The lowest BCUT2D eigenvalue weighted by molar-refractivity contribution is 0.0209. The van der Waals surface area contributed by atoms with Gasteiger partial charge in [0.2, 0.25) is 10.0 Å². The van der Waals surface area contributed by atoms with Gasteiger partial charge in [-0.3, -0.25) is 0 Å². The third kappa shape index (κ3) is 5.49. The van der Waals surface area contributed by atoms with Crippen molar-refractivity contribution in [3.8, 4) is 0 Å². The Morgan fingerprint density at radius 2 is 2.04 bits per heavy atom. The number of sulfonamides is 1. The molecule has 0 aromatic heterocycles. The van der Waals surface area contributed by atoms with Crippen molar-refractivity contribution in [2.24, 2.45) is 5.73 Å². The summed E-state index contributed by atoms with van der Waals surface area (Å²) >= 11 is 7.63. The number of benzene rings is 1. The van der Waals surface area contributed by atoms with E-state index in [1.54, 1.807) is 12.1 Å². The van der Waals surface area contributed by atoms with Gasteiger partial charge >= 0.3 is 0 Å². The second-order valence-electron chi connectivity index (χ2n) is 5.41. The van der Waals surface area contributed by atoms with Crippen LogP contribution < -0.4 is 5.73 Å². The minimum Gasteiger partial charge on any atom is -0.378 e. The number of piperidine rings is 1. The van der Waals surface area contributed by atoms with Gasteiger partial charge in [0.05, 0.1) is 16.0 Å². The lowest BCUT2D eigenvalue weighted by Gasteiger charge is -2.31. The Morgan fingerprint density at radius 3 is 2.58 bits per heavy atom. The van der Waals surface area contributed by atoms with E-state index in [-0.39, 0.29) is 23.4 Å². The van der Waals surface area contributed by atoms with E-state index in [0.717, 1.165) is 11.3 Å². The summed E-state index contributed by atoms with van der Waals surface area (Å²) in [7, 11) is -3.49. The van der Waals surface area contributed by atoms with Crippen LogP contribution in [0.4, 0.5) is 0 Å². The van der Waals surface area contributed by atoms with Crippen molar-refractivity contribution in [1.29, 1.82) is 0 Å². The van der Waals surface area contributed by atoms with E-state index in [1.807, 2.05) is 6.26 Å². The fraction of sp³-hybridized carbons (Fsp3) is 0.600. The first kappa shape index (κ1) is 22.0. The SMILES string of the molecule is CSc1ccc(S(=O)(=O)N2CCC(OCCCN)CC2)cc1Cl.Cl. The molecule has 1 aliphatic heterocycles. The molecule has 1 saturated heterocycles. The summed E-state index contributed by atoms with van der Waals surface area (Å²) in [5.41, 5.74) is 5.44. The fourth-order valence-electron chi connectivity index (χ4n) is 2.53. The number of rotatable bonds is 7. The van der Waals surface area contributed by atoms with Gasteiger partial charge < -0.3 is 10.5 Å². The highest BCUT2D eigenvalue weighted by molar-refractivity contribution is 7.98. The van der Waals surface area contributed by atoms with E-state index < -0.39 is 10.0 Å². The lowest BCUT2D eigenvalue weighted by Crippen LogP contribution is -2.41. The smallest absolute Gasteiger partial charge is 0.243 e. The Bertz CT molecular complexity index is 621. The van der Waals surface area contributed by atoms with Crippen molar-refractivity contribution < 1.29 is 13.2 Å². The van der Waals surface area contributed by atoms with E-state index in [9.17, 15) is 8.42 Å². The van der Waals surface area contributed by atoms with Gasteiger partial charge in [0.1, 0.15) is 0 Å². The molecule has 0 atom stereocenters. The van der Waals surface area contributed by atoms with Gasteiger partial charge in [-0.25, -0.2) is 8.42 Å². The first-order valence-corrected chi connectivity index (χ1v) is 10.7. The van der Waals surface area contributed by atoms with Crippen LogP contribution in [0, 0.1) is 0 Å². The molecule has 9 heteroatoms. The number of nitrogens with zero attached hydrogens (tertiary/aromatic N) is 1. The first-order valence-electron chi connectivity index (χ1n) is 7.64. The Labute approximate surface area is 159 Å². The van der Waals surface area contributed by atoms with Gasteiger partial charge in [0.25, 0.3) is 0 Å². The predicted octanol–water partition coefficient (Wildman–Crippen LogP) is 3.00. The number of nitrogens with two attached hydrogens (primary N) is 1. The Balaban J connectivity index is 0.00000288. The molecule has 1 heterocycles. The van der Waals surface area contributed by atoms with Crippen LogP contribution in [0.5, 0.6) is 0 Å². The first-order chi connectivity index (χ1) is 11.0. The summed E-state index contributed by atoms with van der Waals surface area (Å²) in [6, 6.07) is 4.91. The van der Waals surface area contributed by atoms with Crippen LogP contribution in [-0.2, 0) is 14.8 Å². The fourth-order valence-corrected chi connectivity index (χ4v) is 4.96. The van der Waals surface area contributed by atoms with E-state index in [4.69, 9.17) is 22.1 Å². The molecule has 24 heavy (non-hydrogen) atoms. The number of ether oxygens (including phenoxy) is 1. The number of thioether (sulfide) groups is 1. The van der Waals surface area contributed by atoms with Gasteiger partial charge in [0, 0.05) is 24.6 Å². The lowest BCUT2D eigenvalue weighted by atomic mass is 10.1. The molecule has 0 radical (unpaired) electrons. The molecule has 2 N–H and O–H groups in total. The minimum absolute atomic E-state index is 0. The largest absolute Gasteiger partial charge is 0.378 e. The normalized spacial score (nSPS) is 16.8. The molecule has 1 aromatic carbocycles. The molecule has 0 spiro atoms. The molecule has 0 unspecified atom stereocenters. The molecule has 0 aliphatic carbocycles. The summed E-state index contributed by atoms with van der Waals surface area (Å²) < 4.78 is 32.6. The van der Waals surface area contributed by atoms with Crippen LogP contribution in [-0.4, -0.2) is 51.3 Å². The average molecular weight is 415 g/mol. The van der Waals surface area contributed by atoms with Crippen molar-refractivity contribution in [2.75, 3.05) is 32.5 Å². The second-order valence-corrected chi connectivity index (χ2v) is 8.61. The van der Waals surface area contributed by atoms with Crippen molar-refractivity contribution in [2.45, 2.75) is 35.2 Å². The molecular formula is C15H24Cl2N2O3S2. The van der Waals surface area contributed by atoms with Crippen molar-refractivity contribution in [1.82, 2.24) is 4.31 Å². The molecule has 0 bridgehead atoms. The zero-order valence-corrected chi connectivity index (χ0v) is 16.8. The molecule has 1 fully saturated rings. The molecule has 138 valence electrons. The van der Waals surface area contributed by atoms with Crippen LogP contribution >= 0.6 is 35.8 Å². The third-order valence-corrected chi connectivity index (χ3v) is 6.98. The quantitative estimate of drug-likeness (QED) is 0.548. The van der Waals surface area contributed by atoms with Gasteiger partial charge in [-0.15, -0.1) is 24.2 Å². The van der Waals surface area contributed by atoms with Crippen LogP contribution in [0.25, 0.3) is 0 Å². The number of halogens is 2. The summed E-state index contributed by atoms with van der Waals surface area (Å²) in [6.07, 6.45) is 4.28. The molecule has 1 aliphatic rings. The summed E-state index contributed by atoms with van der Waals surface area (Å²) in [4.78, 5) is 1.13. The number of hydrogen-bond acceptors (Lipinski definition) is 5. The Kier molecular flexibility index (Phi) is 9.37. The topological polar surface area (TPSA) is 72.6 Å². The second kappa shape index (κ2) is 10.2. The maximum absolute atomic E-state index is 12.7. The Morgan fingerprint density at radius 1 is 1.38 bits per heavy atom. The van der Waals surface area contributed by atoms with Crippen LogP contribution in [0.1, 0.15) is 19.3 Å². The highest BCUT2D eigenvalue weighted by Gasteiger charge is 2.30. The van der Waals surface area contributed by atoms with E-state index in [2.05, 4.69) is 0 Å². The van der Waals surface area contributed by atoms with E-state index in [0.29, 0.717) is 44.1 Å². The zero-order valence-electron chi connectivity index (χ0n) is 13.6. The molecule has 0 amide bonds. The van der Waals surface area contributed by atoms with Crippen LogP contribution in [0.3, 0.4) is 0 Å². The molecule has 0 saturated carbocycles. The molecular weight excluding hydrogens is 391 g/mol.